The van der Waals surface area contributed by atoms with Crippen molar-refractivity contribution in [3.63, 3.8) is 0 Å². The monoisotopic (exact) mass is 362 g/mol. The molecule has 0 fully saturated rings. The van der Waals surface area contributed by atoms with Gasteiger partial charge in [-0.05, 0) is 24.3 Å². The highest BCUT2D eigenvalue weighted by molar-refractivity contribution is 7.89. The first-order chi connectivity index (χ1) is 11.3. The molecule has 10 heteroatoms. The Hall–Kier alpha value is -2.04. The minimum Gasteiger partial charge on any atom is -0.480 e. The van der Waals surface area contributed by atoms with Gasteiger partial charge in [-0.25, -0.2) is 17.5 Å². The lowest BCUT2D eigenvalue weighted by molar-refractivity contribution is -0.144. The highest BCUT2D eigenvalue weighted by atomic mass is 32.2. The maximum atomic E-state index is 12.8. The number of carboxylic acid groups (broad SMARTS) is 1. The van der Waals surface area contributed by atoms with Crippen LogP contribution in [0.2, 0.25) is 0 Å². The summed E-state index contributed by atoms with van der Waals surface area (Å²) in [5.74, 6) is -2.26. The first-order valence-electron chi connectivity index (χ1n) is 7.00. The summed E-state index contributed by atoms with van der Waals surface area (Å²) in [5, 5.41) is 8.78. The van der Waals surface area contributed by atoms with Crippen molar-refractivity contribution in [3.8, 4) is 0 Å². The van der Waals surface area contributed by atoms with E-state index in [1.165, 1.54) is 7.11 Å². The molecule has 0 aliphatic heterocycles. The molecule has 1 aromatic carbocycles. The molecule has 1 aromatic rings. The predicted molar refractivity (Wildman–Crippen MR) is 82.3 cm³/mol. The van der Waals surface area contributed by atoms with Crippen LogP contribution in [-0.4, -0.2) is 63.7 Å². The first kappa shape index (κ1) is 20.0. The van der Waals surface area contributed by atoms with E-state index in [4.69, 9.17) is 9.84 Å². The maximum Gasteiger partial charge on any atom is 0.323 e. The Kier molecular flexibility index (Phi) is 7.75. The van der Waals surface area contributed by atoms with E-state index in [1.54, 1.807) is 0 Å². The number of benzene rings is 1. The zero-order valence-corrected chi connectivity index (χ0v) is 13.9. The average Bonchev–Trinajstić information content (AvgIpc) is 2.51. The molecule has 8 nitrogen and oxygen atoms in total. The Morgan fingerprint density at radius 1 is 1.29 bits per heavy atom. The van der Waals surface area contributed by atoms with E-state index >= 15 is 0 Å². The molecule has 1 rings (SSSR count). The van der Waals surface area contributed by atoms with Gasteiger partial charge in [-0.2, -0.15) is 0 Å². The van der Waals surface area contributed by atoms with Gasteiger partial charge < -0.3 is 14.7 Å². The van der Waals surface area contributed by atoms with Crippen molar-refractivity contribution in [1.82, 2.24) is 9.62 Å². The van der Waals surface area contributed by atoms with Gasteiger partial charge in [-0.3, -0.25) is 9.59 Å². The van der Waals surface area contributed by atoms with Crippen molar-refractivity contribution in [2.24, 2.45) is 0 Å². The molecule has 0 atom stereocenters. The number of amides is 1. The van der Waals surface area contributed by atoms with Crippen molar-refractivity contribution in [3.05, 3.63) is 30.1 Å². The highest BCUT2D eigenvalue weighted by Crippen LogP contribution is 2.09. The van der Waals surface area contributed by atoms with Gasteiger partial charge in [0.1, 0.15) is 12.4 Å². The molecule has 0 saturated carbocycles. The lowest BCUT2D eigenvalue weighted by Gasteiger charge is -2.20. The Morgan fingerprint density at radius 2 is 1.92 bits per heavy atom. The number of methoxy groups -OCH3 is 1. The molecule has 24 heavy (non-hydrogen) atoms. The standard InChI is InChI=1S/C14H19FN2O6S/c1-23-9-8-17(10-14(19)20)13(18)6-7-16-24(21,22)12-4-2-11(15)3-5-12/h2-5,16H,6-10H2,1H3,(H,19,20). The number of carbonyl (C=O) groups is 2. The van der Waals surface area contributed by atoms with Gasteiger partial charge in [0.25, 0.3) is 0 Å². The van der Waals surface area contributed by atoms with E-state index in [0.717, 1.165) is 29.2 Å². The van der Waals surface area contributed by atoms with Crippen LogP contribution in [0.1, 0.15) is 6.42 Å². The number of nitrogens with one attached hydrogen (secondary N) is 1. The zero-order chi connectivity index (χ0) is 18.2. The smallest absolute Gasteiger partial charge is 0.323 e. The van der Waals surface area contributed by atoms with Crippen molar-refractivity contribution in [2.45, 2.75) is 11.3 Å². The minimum absolute atomic E-state index is 0.0896. The third kappa shape index (κ3) is 6.60. The molecule has 0 aliphatic carbocycles. The number of carbonyl (C=O) groups excluding carboxylic acids is 1. The Morgan fingerprint density at radius 3 is 2.46 bits per heavy atom. The second-order valence-electron chi connectivity index (χ2n) is 4.80. The maximum absolute atomic E-state index is 12.8. The number of halogens is 1. The molecule has 0 heterocycles. The molecule has 0 unspecified atom stereocenters. The summed E-state index contributed by atoms with van der Waals surface area (Å²) in [6.07, 6.45) is -0.211. The van der Waals surface area contributed by atoms with E-state index in [0.29, 0.717) is 0 Å². The summed E-state index contributed by atoms with van der Waals surface area (Å²) in [4.78, 5) is 23.7. The SMILES string of the molecule is COCCN(CC(=O)O)C(=O)CCNS(=O)(=O)c1ccc(F)cc1. The number of ether oxygens (including phenoxy) is 1. The molecule has 0 saturated heterocycles. The van der Waals surface area contributed by atoms with Gasteiger partial charge in [0.2, 0.25) is 15.9 Å². The molecular formula is C14H19FN2O6S. The van der Waals surface area contributed by atoms with Crippen LogP contribution in [-0.2, 0) is 24.3 Å². The number of rotatable bonds is 10. The fraction of sp³-hybridized carbons (Fsp3) is 0.429. The van der Waals surface area contributed by atoms with Crippen LogP contribution >= 0.6 is 0 Å². The van der Waals surface area contributed by atoms with Gasteiger partial charge in [0.15, 0.2) is 0 Å². The summed E-state index contributed by atoms with van der Waals surface area (Å²) >= 11 is 0. The molecular weight excluding hydrogens is 343 g/mol. The van der Waals surface area contributed by atoms with Crippen LogP contribution in [0.3, 0.4) is 0 Å². The highest BCUT2D eigenvalue weighted by Gasteiger charge is 2.18. The van der Waals surface area contributed by atoms with Crippen molar-refractivity contribution < 1.29 is 32.2 Å². The van der Waals surface area contributed by atoms with Crippen LogP contribution in [0.25, 0.3) is 0 Å². The van der Waals surface area contributed by atoms with E-state index in [1.807, 2.05) is 0 Å². The first-order valence-corrected chi connectivity index (χ1v) is 8.48. The molecule has 0 aromatic heterocycles. The number of sulfonamides is 1. The van der Waals surface area contributed by atoms with Crippen LogP contribution in [0, 0.1) is 5.82 Å². The third-order valence-electron chi connectivity index (χ3n) is 3.00. The van der Waals surface area contributed by atoms with Crippen molar-refractivity contribution in [1.29, 1.82) is 0 Å². The molecule has 0 spiro atoms. The van der Waals surface area contributed by atoms with Crippen LogP contribution in [0.4, 0.5) is 4.39 Å². The topological polar surface area (TPSA) is 113 Å². The molecule has 0 bridgehead atoms. The van der Waals surface area contributed by atoms with Gasteiger partial charge in [0.05, 0.1) is 11.5 Å². The Bertz CT molecular complexity index is 662. The van der Waals surface area contributed by atoms with E-state index < -0.39 is 34.3 Å². The second kappa shape index (κ2) is 9.30. The molecule has 134 valence electrons. The number of hydrogen-bond acceptors (Lipinski definition) is 5. The van der Waals surface area contributed by atoms with E-state index in [-0.39, 0.29) is 31.0 Å². The van der Waals surface area contributed by atoms with Crippen molar-refractivity contribution in [2.75, 3.05) is 33.4 Å². The lowest BCUT2D eigenvalue weighted by Crippen LogP contribution is -2.39. The number of carboxylic acids is 1. The Labute approximate surface area is 139 Å². The summed E-state index contributed by atoms with van der Waals surface area (Å²) in [6, 6.07) is 4.24. The van der Waals surface area contributed by atoms with Gasteiger partial charge in [0, 0.05) is 26.6 Å². The summed E-state index contributed by atoms with van der Waals surface area (Å²) < 4.78 is 43.8. The summed E-state index contributed by atoms with van der Waals surface area (Å²) in [6.45, 7) is -0.443. The van der Waals surface area contributed by atoms with Crippen molar-refractivity contribution >= 4 is 21.9 Å². The average molecular weight is 362 g/mol. The summed E-state index contributed by atoms with van der Waals surface area (Å²) in [5.41, 5.74) is 0. The van der Waals surface area contributed by atoms with Crippen LogP contribution in [0.15, 0.2) is 29.2 Å². The molecule has 0 aliphatic rings. The number of hydrogen-bond donors (Lipinski definition) is 2. The van der Waals surface area contributed by atoms with E-state index in [9.17, 15) is 22.4 Å². The number of aliphatic carboxylic acids is 1. The van der Waals surface area contributed by atoms with Gasteiger partial charge >= 0.3 is 5.97 Å². The molecule has 0 radical (unpaired) electrons. The van der Waals surface area contributed by atoms with Crippen LogP contribution in [0.5, 0.6) is 0 Å². The quantitative estimate of drug-likeness (QED) is 0.608. The second-order valence-corrected chi connectivity index (χ2v) is 6.57. The minimum atomic E-state index is -3.87. The Balaban J connectivity index is 2.58. The fourth-order valence-electron chi connectivity index (χ4n) is 1.80. The fourth-order valence-corrected chi connectivity index (χ4v) is 2.84. The van der Waals surface area contributed by atoms with Gasteiger partial charge in [-0.15, -0.1) is 0 Å². The number of nitrogens with zero attached hydrogens (tertiary/aromatic N) is 1. The third-order valence-corrected chi connectivity index (χ3v) is 4.48. The zero-order valence-electron chi connectivity index (χ0n) is 13.1. The molecule has 1 amide bonds. The normalized spacial score (nSPS) is 11.2. The molecule has 2 N–H and O–H groups in total. The predicted octanol–water partition coefficient (Wildman–Crippen LogP) is 0.0537. The van der Waals surface area contributed by atoms with E-state index in [2.05, 4.69) is 4.72 Å². The van der Waals surface area contributed by atoms with Crippen LogP contribution < -0.4 is 4.72 Å². The van der Waals surface area contributed by atoms with Gasteiger partial charge in [-0.1, -0.05) is 0 Å². The lowest BCUT2D eigenvalue weighted by atomic mass is 10.3. The summed E-state index contributed by atoms with van der Waals surface area (Å²) in [7, 11) is -2.45. The largest absolute Gasteiger partial charge is 0.480 e.